The second-order valence-corrected chi connectivity index (χ2v) is 5.55. The van der Waals surface area contributed by atoms with Crippen LogP contribution in [0.15, 0.2) is 59.4 Å². The summed E-state index contributed by atoms with van der Waals surface area (Å²) in [5.41, 5.74) is 4.87. The van der Waals surface area contributed by atoms with Crippen molar-refractivity contribution in [3.63, 3.8) is 0 Å². The predicted octanol–water partition coefficient (Wildman–Crippen LogP) is 4.23. The minimum absolute atomic E-state index is 0.0459. The molecule has 0 bridgehead atoms. The van der Waals surface area contributed by atoms with Crippen molar-refractivity contribution in [2.45, 2.75) is 26.8 Å². The topological polar surface area (TPSA) is 37.8 Å². The Morgan fingerprint density at radius 2 is 1.64 bits per heavy atom. The molecule has 3 nitrogen and oxygen atoms in total. The first kappa shape index (κ1) is 14.4. The van der Waals surface area contributed by atoms with E-state index in [4.69, 9.17) is 0 Å². The molecule has 2 aromatic carbocycles. The molecule has 0 radical (unpaired) electrons. The fraction of sp³-hybridized carbons (Fsp3) is 0.211. The largest absolute Gasteiger partial charge is 0.294 e. The van der Waals surface area contributed by atoms with E-state index in [2.05, 4.69) is 12.0 Å². The molecule has 0 unspecified atom stereocenters. The highest BCUT2D eigenvalue weighted by Crippen LogP contribution is 2.28. The zero-order chi connectivity index (χ0) is 15.5. The molecule has 0 aliphatic rings. The number of aromatic nitrogens is 2. The zero-order valence-corrected chi connectivity index (χ0v) is 13.0. The maximum Gasteiger partial charge on any atom is 0.274 e. The van der Waals surface area contributed by atoms with E-state index in [1.807, 2.05) is 61.5 Å². The number of hydrogen-bond acceptors (Lipinski definition) is 1. The predicted molar refractivity (Wildman–Crippen MR) is 91.0 cm³/mol. The summed E-state index contributed by atoms with van der Waals surface area (Å²) in [7, 11) is 0. The highest BCUT2D eigenvalue weighted by atomic mass is 16.1. The molecule has 0 amide bonds. The molecule has 1 aromatic heterocycles. The molecule has 22 heavy (non-hydrogen) atoms. The van der Waals surface area contributed by atoms with Gasteiger partial charge in [0.15, 0.2) is 0 Å². The third kappa shape index (κ3) is 2.62. The van der Waals surface area contributed by atoms with E-state index in [1.54, 1.807) is 4.68 Å². The number of aryl methyl sites for hydroxylation is 2. The molecule has 3 aromatic rings. The molecule has 0 atom stereocenters. The van der Waals surface area contributed by atoms with Crippen LogP contribution in [0.1, 0.15) is 18.9 Å². The molecule has 0 saturated heterocycles. The van der Waals surface area contributed by atoms with Gasteiger partial charge in [-0.05, 0) is 18.9 Å². The van der Waals surface area contributed by atoms with E-state index in [0.29, 0.717) is 6.54 Å². The van der Waals surface area contributed by atoms with Crippen LogP contribution in [0.3, 0.4) is 0 Å². The van der Waals surface area contributed by atoms with Crippen LogP contribution in [-0.4, -0.2) is 9.78 Å². The molecule has 0 aliphatic carbocycles. The van der Waals surface area contributed by atoms with Crippen LogP contribution in [0, 0.1) is 6.92 Å². The Balaban J connectivity index is 2.22. The Hall–Kier alpha value is -2.55. The summed E-state index contributed by atoms with van der Waals surface area (Å²) in [6.45, 7) is 4.82. The van der Waals surface area contributed by atoms with E-state index >= 15 is 0 Å². The fourth-order valence-corrected chi connectivity index (χ4v) is 2.67. The summed E-state index contributed by atoms with van der Waals surface area (Å²) < 4.78 is 1.71. The number of nitrogens with one attached hydrogen (secondary N) is 1. The second-order valence-electron chi connectivity index (χ2n) is 5.55. The van der Waals surface area contributed by atoms with Crippen molar-refractivity contribution in [1.82, 2.24) is 9.78 Å². The molecule has 1 N–H and O–H groups in total. The monoisotopic (exact) mass is 292 g/mol. The number of rotatable bonds is 4. The summed E-state index contributed by atoms with van der Waals surface area (Å²) in [5.74, 6) is 0. The van der Waals surface area contributed by atoms with Gasteiger partial charge in [-0.2, -0.15) is 0 Å². The lowest BCUT2D eigenvalue weighted by atomic mass is 10.0. The molecule has 3 heteroatoms. The van der Waals surface area contributed by atoms with E-state index < -0.39 is 0 Å². The normalized spacial score (nSPS) is 10.8. The zero-order valence-electron chi connectivity index (χ0n) is 13.0. The Bertz CT molecular complexity index is 811. The van der Waals surface area contributed by atoms with Gasteiger partial charge in [0.1, 0.15) is 0 Å². The number of hydrogen-bond donors (Lipinski definition) is 1. The van der Waals surface area contributed by atoms with Gasteiger partial charge in [-0.1, -0.05) is 67.1 Å². The van der Waals surface area contributed by atoms with Crippen LogP contribution in [0.5, 0.6) is 0 Å². The molecular weight excluding hydrogens is 272 g/mol. The third-order valence-corrected chi connectivity index (χ3v) is 3.81. The van der Waals surface area contributed by atoms with Crippen LogP contribution in [0.25, 0.3) is 22.4 Å². The Morgan fingerprint density at radius 3 is 2.27 bits per heavy atom. The molecule has 0 spiro atoms. The first-order valence-electron chi connectivity index (χ1n) is 7.66. The van der Waals surface area contributed by atoms with Crippen LogP contribution < -0.4 is 5.56 Å². The van der Waals surface area contributed by atoms with Crippen molar-refractivity contribution in [2.24, 2.45) is 0 Å². The van der Waals surface area contributed by atoms with Crippen molar-refractivity contribution in [2.75, 3.05) is 0 Å². The van der Waals surface area contributed by atoms with E-state index in [9.17, 15) is 4.79 Å². The van der Waals surface area contributed by atoms with Gasteiger partial charge in [-0.15, -0.1) is 0 Å². The molecule has 3 rings (SSSR count). The third-order valence-electron chi connectivity index (χ3n) is 3.81. The van der Waals surface area contributed by atoms with Gasteiger partial charge >= 0.3 is 0 Å². The Morgan fingerprint density at radius 1 is 0.955 bits per heavy atom. The van der Waals surface area contributed by atoms with Crippen molar-refractivity contribution >= 4 is 0 Å². The number of nitrogens with zero attached hydrogens (tertiary/aromatic N) is 1. The van der Waals surface area contributed by atoms with Crippen molar-refractivity contribution < 1.29 is 0 Å². The maximum absolute atomic E-state index is 12.8. The highest BCUT2D eigenvalue weighted by Gasteiger charge is 2.16. The van der Waals surface area contributed by atoms with Gasteiger partial charge in [-0.3, -0.25) is 14.6 Å². The first-order valence-corrected chi connectivity index (χ1v) is 7.66. The smallest absolute Gasteiger partial charge is 0.274 e. The molecule has 0 aliphatic heterocycles. The Labute approximate surface area is 130 Å². The lowest BCUT2D eigenvalue weighted by Crippen LogP contribution is -2.17. The van der Waals surface area contributed by atoms with Gasteiger partial charge in [-0.25, -0.2) is 0 Å². The van der Waals surface area contributed by atoms with Crippen molar-refractivity contribution in [1.29, 1.82) is 0 Å². The van der Waals surface area contributed by atoms with Crippen LogP contribution in [-0.2, 0) is 6.54 Å². The average molecular weight is 292 g/mol. The molecule has 112 valence electrons. The lowest BCUT2D eigenvalue weighted by molar-refractivity contribution is 0.587. The second kappa shape index (κ2) is 6.06. The van der Waals surface area contributed by atoms with Gasteiger partial charge in [0.25, 0.3) is 5.56 Å². The summed E-state index contributed by atoms with van der Waals surface area (Å²) in [4.78, 5) is 12.8. The minimum Gasteiger partial charge on any atom is -0.294 e. The van der Waals surface area contributed by atoms with Crippen LogP contribution in [0.2, 0.25) is 0 Å². The average Bonchev–Trinajstić information content (AvgIpc) is 2.87. The SMILES string of the molecule is CCCn1[nH]c(-c2ccccc2)c(-c2ccc(C)cc2)c1=O. The summed E-state index contributed by atoms with van der Waals surface area (Å²) in [6, 6.07) is 18.1. The van der Waals surface area contributed by atoms with E-state index in [0.717, 1.165) is 28.8 Å². The van der Waals surface area contributed by atoms with Gasteiger partial charge < -0.3 is 0 Å². The van der Waals surface area contributed by atoms with Gasteiger partial charge in [0, 0.05) is 12.1 Å². The van der Waals surface area contributed by atoms with E-state index in [1.165, 1.54) is 5.56 Å². The molecule has 1 heterocycles. The Kier molecular flexibility index (Phi) is 3.96. The standard InChI is InChI=1S/C19H20N2O/c1-3-13-21-19(22)17(15-11-9-14(2)10-12-15)18(20-21)16-7-5-4-6-8-16/h4-12,20H,3,13H2,1-2H3. The number of benzene rings is 2. The summed E-state index contributed by atoms with van der Waals surface area (Å²) in [5, 5.41) is 3.28. The van der Waals surface area contributed by atoms with Gasteiger partial charge in [0.2, 0.25) is 0 Å². The summed E-state index contributed by atoms with van der Waals surface area (Å²) >= 11 is 0. The number of H-pyrrole nitrogens is 1. The van der Waals surface area contributed by atoms with E-state index in [-0.39, 0.29) is 5.56 Å². The fourth-order valence-electron chi connectivity index (χ4n) is 2.67. The molecule has 0 saturated carbocycles. The van der Waals surface area contributed by atoms with Crippen LogP contribution in [0.4, 0.5) is 0 Å². The summed E-state index contributed by atoms with van der Waals surface area (Å²) in [6.07, 6.45) is 0.919. The van der Waals surface area contributed by atoms with Crippen molar-refractivity contribution in [3.05, 3.63) is 70.5 Å². The first-order chi connectivity index (χ1) is 10.7. The lowest BCUT2D eigenvalue weighted by Gasteiger charge is -2.03. The number of aromatic amines is 1. The van der Waals surface area contributed by atoms with Gasteiger partial charge in [0.05, 0.1) is 11.3 Å². The quantitative estimate of drug-likeness (QED) is 0.767. The molecular formula is C19H20N2O. The minimum atomic E-state index is 0.0459. The van der Waals surface area contributed by atoms with Crippen LogP contribution >= 0.6 is 0 Å². The molecule has 0 fully saturated rings. The van der Waals surface area contributed by atoms with Crippen molar-refractivity contribution in [3.8, 4) is 22.4 Å². The highest BCUT2D eigenvalue weighted by molar-refractivity contribution is 5.80. The maximum atomic E-state index is 12.8.